The number of carbonyl (C=O) groups is 2. The van der Waals surface area contributed by atoms with Gasteiger partial charge in [-0.3, -0.25) is 19.6 Å². The van der Waals surface area contributed by atoms with Crippen LogP contribution in [0.25, 0.3) is 43.0 Å². The zero-order chi connectivity index (χ0) is 29.3. The van der Waals surface area contributed by atoms with E-state index in [9.17, 15) is 9.59 Å². The molecule has 0 fully saturated rings. The van der Waals surface area contributed by atoms with Gasteiger partial charge in [0.05, 0.1) is 22.8 Å². The summed E-state index contributed by atoms with van der Waals surface area (Å²) >= 11 is 3.64. The number of aromatic nitrogens is 3. The number of hydrogen-bond donors (Lipinski definition) is 0. The van der Waals surface area contributed by atoms with Gasteiger partial charge in [-0.05, 0) is 78.1 Å². The van der Waals surface area contributed by atoms with Crippen molar-refractivity contribution in [3.63, 3.8) is 0 Å². The minimum Gasteiger partial charge on any atom is -0.429 e. The van der Waals surface area contributed by atoms with Crippen molar-refractivity contribution in [2.24, 2.45) is 0 Å². The highest BCUT2D eigenvalue weighted by molar-refractivity contribution is 7.23. The smallest absolute Gasteiger partial charge is 0.298 e. The minimum atomic E-state index is 0.303. The number of aryl methyl sites for hydroxylation is 2. The molecule has 5 heterocycles. The van der Waals surface area contributed by atoms with Crippen LogP contribution < -0.4 is 9.47 Å². The number of carbonyl (C=O) groups excluding carboxylic acids is 2. The molecule has 0 unspecified atom stereocenters. The molecule has 7 nitrogen and oxygen atoms in total. The summed E-state index contributed by atoms with van der Waals surface area (Å²) in [5, 5.41) is 2.30. The van der Waals surface area contributed by atoms with Crippen molar-refractivity contribution in [3.05, 3.63) is 77.4 Å². The Morgan fingerprint density at radius 2 is 1.40 bits per heavy atom. The summed E-state index contributed by atoms with van der Waals surface area (Å²) in [5.41, 5.74) is 5.90. The Balaban J connectivity index is 1.52. The first-order chi connectivity index (χ1) is 20.6. The first kappa shape index (κ1) is 29.3. The van der Waals surface area contributed by atoms with Crippen LogP contribution in [0.2, 0.25) is 0 Å². The number of nitrogens with zero attached hydrogens (tertiary/aromatic N) is 3. The van der Waals surface area contributed by atoms with E-state index < -0.39 is 0 Å². The van der Waals surface area contributed by atoms with E-state index in [2.05, 4.69) is 41.3 Å². The Bertz CT molecular complexity index is 1680. The molecule has 0 radical (unpaired) electrons. The van der Waals surface area contributed by atoms with Crippen molar-refractivity contribution in [1.29, 1.82) is 0 Å². The second-order valence-electron chi connectivity index (χ2n) is 9.80. The second kappa shape index (κ2) is 14.1. The second-order valence-corrected chi connectivity index (χ2v) is 11.8. The first-order valence-electron chi connectivity index (χ1n) is 14.0. The highest BCUT2D eigenvalue weighted by Gasteiger charge is 2.16. The summed E-state index contributed by atoms with van der Waals surface area (Å²) < 4.78 is 10.2. The summed E-state index contributed by atoms with van der Waals surface area (Å²) in [4.78, 5) is 39.6. The molecule has 0 aromatic carbocycles. The van der Waals surface area contributed by atoms with E-state index in [1.165, 1.54) is 44.8 Å². The third-order valence-corrected chi connectivity index (χ3v) is 9.16. The van der Waals surface area contributed by atoms with Gasteiger partial charge in [-0.25, -0.2) is 4.98 Å². The predicted octanol–water partition coefficient (Wildman–Crippen LogP) is 8.42. The lowest BCUT2D eigenvalue weighted by Gasteiger charge is -2.09. The fraction of sp³-hybridized carbons (Fsp3) is 0.242. The summed E-state index contributed by atoms with van der Waals surface area (Å²) in [5.74, 6) is 0.633. The van der Waals surface area contributed by atoms with Crippen molar-refractivity contribution in [2.75, 3.05) is 0 Å². The standard InChI is InChI=1S/C33H31N3O4S2/c1-3-5-7-22-13-32(41-19-22)33-24(8-6-4-2)15-31(42-33)23-9-11-34-27(14-23)29-17-26(40-21-38)18-30(36-29)28-16-25(39-20-37)10-12-35-28/h9-21H,3-8H2,1-2H3. The van der Waals surface area contributed by atoms with Crippen molar-refractivity contribution in [3.8, 4) is 54.5 Å². The number of thiophene rings is 2. The van der Waals surface area contributed by atoms with Crippen LogP contribution in [0.3, 0.4) is 0 Å². The van der Waals surface area contributed by atoms with Crippen LogP contribution >= 0.6 is 22.7 Å². The Labute approximate surface area is 253 Å². The van der Waals surface area contributed by atoms with Crippen LogP contribution in [0.4, 0.5) is 0 Å². The fourth-order valence-corrected chi connectivity index (χ4v) is 6.94. The number of pyridine rings is 3. The predicted molar refractivity (Wildman–Crippen MR) is 168 cm³/mol. The van der Waals surface area contributed by atoms with Gasteiger partial charge in [0, 0.05) is 45.2 Å². The first-order valence-corrected chi connectivity index (χ1v) is 15.7. The summed E-state index contributed by atoms with van der Waals surface area (Å²) in [7, 11) is 0. The third kappa shape index (κ3) is 6.98. The molecule has 5 rings (SSSR count). The summed E-state index contributed by atoms with van der Waals surface area (Å²) in [6.45, 7) is 5.18. The van der Waals surface area contributed by atoms with E-state index in [0.29, 0.717) is 47.2 Å². The molecule has 214 valence electrons. The normalized spacial score (nSPS) is 10.9. The van der Waals surface area contributed by atoms with Crippen molar-refractivity contribution >= 4 is 35.6 Å². The maximum absolute atomic E-state index is 11.2. The van der Waals surface area contributed by atoms with Crippen molar-refractivity contribution in [1.82, 2.24) is 15.0 Å². The maximum Gasteiger partial charge on any atom is 0.298 e. The van der Waals surface area contributed by atoms with Gasteiger partial charge < -0.3 is 9.47 Å². The molecule has 0 bridgehead atoms. The van der Waals surface area contributed by atoms with Gasteiger partial charge in [0.1, 0.15) is 11.5 Å². The summed E-state index contributed by atoms with van der Waals surface area (Å²) in [6, 6.07) is 15.1. The molecule has 0 N–H and O–H groups in total. The number of hydrogen-bond acceptors (Lipinski definition) is 9. The number of ether oxygens (including phenoxy) is 2. The maximum atomic E-state index is 11.2. The molecule has 0 aliphatic heterocycles. The van der Waals surface area contributed by atoms with Crippen LogP contribution in [0.1, 0.15) is 50.7 Å². The van der Waals surface area contributed by atoms with Crippen molar-refractivity contribution < 1.29 is 19.1 Å². The molecule has 9 heteroatoms. The lowest BCUT2D eigenvalue weighted by molar-refractivity contribution is -0.121. The van der Waals surface area contributed by atoms with E-state index in [-0.39, 0.29) is 0 Å². The topological polar surface area (TPSA) is 91.3 Å². The van der Waals surface area contributed by atoms with Gasteiger partial charge in [0.25, 0.3) is 12.9 Å². The highest BCUT2D eigenvalue weighted by atomic mass is 32.1. The molecule has 5 aromatic heterocycles. The van der Waals surface area contributed by atoms with Gasteiger partial charge in [-0.15, -0.1) is 22.7 Å². The molecule has 0 aliphatic carbocycles. The molecule has 42 heavy (non-hydrogen) atoms. The zero-order valence-corrected chi connectivity index (χ0v) is 25.2. The van der Waals surface area contributed by atoms with E-state index in [0.717, 1.165) is 31.2 Å². The van der Waals surface area contributed by atoms with Crippen LogP contribution in [-0.2, 0) is 22.4 Å². The Kier molecular flexibility index (Phi) is 9.84. The van der Waals surface area contributed by atoms with E-state index >= 15 is 0 Å². The van der Waals surface area contributed by atoms with E-state index in [1.807, 2.05) is 34.8 Å². The highest BCUT2D eigenvalue weighted by Crippen LogP contribution is 2.42. The number of rotatable bonds is 14. The number of unbranched alkanes of at least 4 members (excludes halogenated alkanes) is 2. The zero-order valence-electron chi connectivity index (χ0n) is 23.5. The van der Waals surface area contributed by atoms with E-state index in [4.69, 9.17) is 14.5 Å². The summed E-state index contributed by atoms with van der Waals surface area (Å²) in [6.07, 6.45) is 10.1. The van der Waals surface area contributed by atoms with Gasteiger partial charge in [0.15, 0.2) is 0 Å². The minimum absolute atomic E-state index is 0.303. The molecule has 0 aliphatic rings. The monoisotopic (exact) mass is 597 g/mol. The molecular weight excluding hydrogens is 567 g/mol. The Morgan fingerprint density at radius 3 is 2.14 bits per heavy atom. The van der Waals surface area contributed by atoms with Crippen LogP contribution in [0, 0.1) is 0 Å². The average Bonchev–Trinajstić information content (AvgIpc) is 3.67. The molecule has 0 saturated carbocycles. The largest absolute Gasteiger partial charge is 0.429 e. The van der Waals surface area contributed by atoms with Gasteiger partial charge in [-0.2, -0.15) is 0 Å². The molecule has 0 atom stereocenters. The third-order valence-electron chi connectivity index (χ3n) is 6.77. The molecule has 0 spiro atoms. The molecular formula is C33H31N3O4S2. The quantitative estimate of drug-likeness (QED) is 0.119. The Hall–Kier alpha value is -4.21. The lowest BCUT2D eigenvalue weighted by Crippen LogP contribution is -1.97. The van der Waals surface area contributed by atoms with Gasteiger partial charge >= 0.3 is 0 Å². The fourth-order valence-electron chi connectivity index (χ4n) is 4.63. The van der Waals surface area contributed by atoms with Crippen LogP contribution in [0.5, 0.6) is 11.5 Å². The molecule has 0 amide bonds. The van der Waals surface area contributed by atoms with Crippen LogP contribution in [-0.4, -0.2) is 27.9 Å². The molecule has 5 aromatic rings. The van der Waals surface area contributed by atoms with Gasteiger partial charge in [-0.1, -0.05) is 26.7 Å². The average molecular weight is 598 g/mol. The van der Waals surface area contributed by atoms with E-state index in [1.54, 1.807) is 30.5 Å². The van der Waals surface area contributed by atoms with Gasteiger partial charge in [0.2, 0.25) is 0 Å². The van der Waals surface area contributed by atoms with Crippen LogP contribution in [0.15, 0.2) is 66.3 Å². The SMILES string of the molecule is CCCCc1csc(-c2sc(-c3ccnc(-c4cc(OC=O)cc(-c5cc(OC=O)ccn5)n4)c3)cc2CCCC)c1. The Morgan fingerprint density at radius 1 is 0.738 bits per heavy atom. The lowest BCUT2D eigenvalue weighted by atomic mass is 10.1. The molecule has 0 saturated heterocycles. The van der Waals surface area contributed by atoms with Crippen molar-refractivity contribution in [2.45, 2.75) is 52.4 Å².